The number of hydrogen-bond acceptors (Lipinski definition) is 5. The summed E-state index contributed by atoms with van der Waals surface area (Å²) < 4.78 is 4.96. The summed E-state index contributed by atoms with van der Waals surface area (Å²) in [6, 6.07) is 12.9. The average molecular weight is 368 g/mol. The maximum atomic E-state index is 12.3. The molecule has 7 heteroatoms. The summed E-state index contributed by atoms with van der Waals surface area (Å²) in [4.78, 5) is 45.9. The molecule has 0 saturated carbocycles. The Balaban J connectivity index is 1.95. The number of amides is 2. The minimum absolute atomic E-state index is 0.0408. The van der Waals surface area contributed by atoms with Gasteiger partial charge in [-0.15, -0.1) is 0 Å². The smallest absolute Gasteiger partial charge is 0.308 e. The summed E-state index contributed by atoms with van der Waals surface area (Å²) in [6.07, 6.45) is 0.332. The molecule has 0 aliphatic carbocycles. The molecule has 0 fully saturated rings. The van der Waals surface area contributed by atoms with Gasteiger partial charge in [-0.3, -0.25) is 14.4 Å². The molecule has 27 heavy (non-hydrogen) atoms. The topological polar surface area (TPSA) is 102 Å². The Labute approximate surface area is 156 Å². The van der Waals surface area contributed by atoms with Gasteiger partial charge < -0.3 is 20.2 Å². The first-order valence-electron chi connectivity index (χ1n) is 8.32. The minimum atomic E-state index is -0.464. The van der Waals surface area contributed by atoms with Crippen molar-refractivity contribution >= 4 is 34.9 Å². The number of anilines is 2. The van der Waals surface area contributed by atoms with Gasteiger partial charge in [-0.05, 0) is 49.4 Å². The lowest BCUT2D eigenvalue weighted by Crippen LogP contribution is -2.14. The maximum Gasteiger partial charge on any atom is 0.308 e. The lowest BCUT2D eigenvalue weighted by molar-refractivity contribution is -0.131. The highest BCUT2D eigenvalue weighted by molar-refractivity contribution is 6.04. The Morgan fingerprint density at radius 1 is 0.852 bits per heavy atom. The van der Waals surface area contributed by atoms with Crippen molar-refractivity contribution in [1.82, 2.24) is 0 Å². The van der Waals surface area contributed by atoms with Gasteiger partial charge >= 0.3 is 5.97 Å². The van der Waals surface area contributed by atoms with Crippen LogP contribution >= 0.6 is 0 Å². The molecule has 0 bridgehead atoms. The van der Waals surface area contributed by atoms with E-state index in [2.05, 4.69) is 10.6 Å². The summed E-state index contributed by atoms with van der Waals surface area (Å²) >= 11 is 0. The zero-order chi connectivity index (χ0) is 19.8. The van der Waals surface area contributed by atoms with Crippen molar-refractivity contribution in [3.8, 4) is 5.75 Å². The van der Waals surface area contributed by atoms with Crippen LogP contribution in [0, 0.1) is 0 Å². The van der Waals surface area contributed by atoms with Crippen molar-refractivity contribution in [1.29, 1.82) is 0 Å². The molecule has 0 saturated heterocycles. The van der Waals surface area contributed by atoms with Crippen LogP contribution in [0.3, 0.4) is 0 Å². The normalized spacial score (nSPS) is 10.0. The Kier molecular flexibility index (Phi) is 6.82. The number of carbonyl (C=O) groups excluding carboxylic acids is 4. The summed E-state index contributed by atoms with van der Waals surface area (Å²) in [7, 11) is 0. The molecule has 0 aliphatic rings. The minimum Gasteiger partial charge on any atom is -0.427 e. The second kappa shape index (κ2) is 9.28. The first kappa shape index (κ1) is 19.8. The number of esters is 1. The van der Waals surface area contributed by atoms with Crippen LogP contribution in [0.2, 0.25) is 0 Å². The van der Waals surface area contributed by atoms with Crippen LogP contribution in [0.5, 0.6) is 5.75 Å². The zero-order valence-corrected chi connectivity index (χ0v) is 15.1. The molecule has 0 atom stereocenters. The van der Waals surface area contributed by atoms with Crippen LogP contribution in [-0.4, -0.2) is 23.6 Å². The molecule has 0 aromatic heterocycles. The van der Waals surface area contributed by atoms with E-state index in [1.165, 1.54) is 19.9 Å². The SMILES string of the molecule is CC(=O)CCC(=O)Nc1ccc(NC(=O)c2cccc(OC(C)=O)c2)cc1. The van der Waals surface area contributed by atoms with Gasteiger partial charge in [0, 0.05) is 36.7 Å². The Morgan fingerprint density at radius 2 is 1.48 bits per heavy atom. The van der Waals surface area contributed by atoms with Crippen LogP contribution < -0.4 is 15.4 Å². The van der Waals surface area contributed by atoms with Gasteiger partial charge in [-0.25, -0.2) is 0 Å². The van der Waals surface area contributed by atoms with E-state index in [1.54, 1.807) is 42.5 Å². The standard InChI is InChI=1S/C20H20N2O5/c1-13(23)6-11-19(25)21-16-7-9-17(10-8-16)22-20(26)15-4-3-5-18(12-15)27-14(2)24/h3-5,7-10,12H,6,11H2,1-2H3,(H,21,25)(H,22,26). The molecular weight excluding hydrogens is 348 g/mol. The molecule has 0 radical (unpaired) electrons. The fourth-order valence-corrected chi connectivity index (χ4v) is 2.22. The Hall–Kier alpha value is -3.48. The fourth-order valence-electron chi connectivity index (χ4n) is 2.22. The summed E-state index contributed by atoms with van der Waals surface area (Å²) in [5.74, 6) is -0.820. The lowest BCUT2D eigenvalue weighted by atomic mass is 10.2. The molecule has 2 amide bonds. The van der Waals surface area contributed by atoms with Crippen molar-refractivity contribution in [2.24, 2.45) is 0 Å². The number of hydrogen-bond donors (Lipinski definition) is 2. The highest BCUT2D eigenvalue weighted by atomic mass is 16.5. The molecule has 2 rings (SSSR count). The van der Waals surface area contributed by atoms with E-state index in [1.807, 2.05) is 0 Å². The average Bonchev–Trinajstić information content (AvgIpc) is 2.61. The van der Waals surface area contributed by atoms with E-state index in [9.17, 15) is 19.2 Å². The molecular formula is C20H20N2O5. The largest absolute Gasteiger partial charge is 0.427 e. The van der Waals surface area contributed by atoms with E-state index < -0.39 is 5.97 Å². The molecule has 0 heterocycles. The Morgan fingerprint density at radius 3 is 2.07 bits per heavy atom. The lowest BCUT2D eigenvalue weighted by Gasteiger charge is -2.09. The quantitative estimate of drug-likeness (QED) is 0.577. The van der Waals surface area contributed by atoms with Crippen molar-refractivity contribution in [3.63, 3.8) is 0 Å². The van der Waals surface area contributed by atoms with Gasteiger partial charge in [-0.2, -0.15) is 0 Å². The number of Topliss-reactive ketones (excluding diaryl/α,β-unsaturated/α-hetero) is 1. The van der Waals surface area contributed by atoms with Gasteiger partial charge in [0.1, 0.15) is 11.5 Å². The van der Waals surface area contributed by atoms with Gasteiger partial charge in [0.25, 0.3) is 5.91 Å². The number of benzene rings is 2. The second-order valence-corrected chi connectivity index (χ2v) is 5.90. The monoisotopic (exact) mass is 368 g/mol. The maximum absolute atomic E-state index is 12.3. The highest BCUT2D eigenvalue weighted by Crippen LogP contribution is 2.17. The summed E-state index contributed by atoms with van der Waals surface area (Å²) in [6.45, 7) is 2.72. The number of rotatable bonds is 7. The second-order valence-electron chi connectivity index (χ2n) is 5.90. The van der Waals surface area contributed by atoms with Crippen LogP contribution in [0.4, 0.5) is 11.4 Å². The van der Waals surface area contributed by atoms with E-state index in [0.717, 1.165) is 0 Å². The first-order chi connectivity index (χ1) is 12.8. The van der Waals surface area contributed by atoms with Crippen LogP contribution in [0.15, 0.2) is 48.5 Å². The zero-order valence-electron chi connectivity index (χ0n) is 15.1. The van der Waals surface area contributed by atoms with E-state index >= 15 is 0 Å². The molecule has 2 aromatic carbocycles. The number of ether oxygens (including phenoxy) is 1. The Bertz CT molecular complexity index is 859. The van der Waals surface area contributed by atoms with Gasteiger partial charge in [0.15, 0.2) is 0 Å². The fraction of sp³-hybridized carbons (Fsp3) is 0.200. The highest BCUT2D eigenvalue weighted by Gasteiger charge is 2.09. The third kappa shape index (κ3) is 6.74. The third-order valence-electron chi connectivity index (χ3n) is 3.49. The van der Waals surface area contributed by atoms with Crippen molar-refractivity contribution in [3.05, 3.63) is 54.1 Å². The summed E-state index contributed by atoms with van der Waals surface area (Å²) in [5.41, 5.74) is 1.45. The third-order valence-corrected chi connectivity index (χ3v) is 3.49. The number of ketones is 1. The van der Waals surface area contributed by atoms with Crippen LogP contribution in [0.1, 0.15) is 37.0 Å². The van der Waals surface area contributed by atoms with Gasteiger partial charge in [0.05, 0.1) is 0 Å². The van der Waals surface area contributed by atoms with Gasteiger partial charge in [0.2, 0.25) is 5.91 Å². The van der Waals surface area contributed by atoms with Crippen LogP contribution in [-0.2, 0) is 14.4 Å². The molecule has 0 spiro atoms. The van der Waals surface area contributed by atoms with Crippen molar-refractivity contribution < 1.29 is 23.9 Å². The van der Waals surface area contributed by atoms with E-state index in [0.29, 0.717) is 22.7 Å². The van der Waals surface area contributed by atoms with E-state index in [-0.39, 0.29) is 30.4 Å². The molecule has 2 N–H and O–H groups in total. The van der Waals surface area contributed by atoms with Crippen molar-refractivity contribution in [2.45, 2.75) is 26.7 Å². The predicted molar refractivity (Wildman–Crippen MR) is 101 cm³/mol. The predicted octanol–water partition coefficient (Wildman–Crippen LogP) is 3.17. The first-order valence-corrected chi connectivity index (χ1v) is 8.32. The summed E-state index contributed by atoms with van der Waals surface area (Å²) in [5, 5.41) is 5.41. The van der Waals surface area contributed by atoms with E-state index in [4.69, 9.17) is 4.74 Å². The van der Waals surface area contributed by atoms with Crippen molar-refractivity contribution in [2.75, 3.05) is 10.6 Å². The molecule has 140 valence electrons. The van der Waals surface area contributed by atoms with Gasteiger partial charge in [-0.1, -0.05) is 6.07 Å². The molecule has 7 nitrogen and oxygen atoms in total. The van der Waals surface area contributed by atoms with Crippen LogP contribution in [0.25, 0.3) is 0 Å². The molecule has 0 unspecified atom stereocenters. The molecule has 2 aromatic rings. The number of nitrogens with one attached hydrogen (secondary N) is 2. The molecule has 0 aliphatic heterocycles. The number of carbonyl (C=O) groups is 4.